The highest BCUT2D eigenvalue weighted by molar-refractivity contribution is 7.46. The number of nitrogens with one attached hydrogen (secondary N) is 4. The molecule has 0 aromatic carbocycles. The Bertz CT molecular complexity index is 1290. The number of phosphoric acid groups is 1. The van der Waals surface area contributed by atoms with Crippen LogP contribution in [0.2, 0.25) is 0 Å². The molecule has 1 fully saturated rings. The van der Waals surface area contributed by atoms with Crippen molar-refractivity contribution in [3.8, 4) is 0 Å². The lowest BCUT2D eigenvalue weighted by Gasteiger charge is -2.28. The van der Waals surface area contributed by atoms with Crippen LogP contribution in [0.3, 0.4) is 0 Å². The fraction of sp³-hybridized carbons (Fsp3) is 0.704. The van der Waals surface area contributed by atoms with Crippen molar-refractivity contribution >= 4 is 55.2 Å². The van der Waals surface area contributed by atoms with Gasteiger partial charge >= 0.3 is 19.8 Å². The van der Waals surface area contributed by atoms with E-state index >= 15 is 0 Å². The van der Waals surface area contributed by atoms with Crippen LogP contribution in [-0.2, 0) is 47.4 Å². The molecule has 1 aliphatic heterocycles. The molecule has 0 saturated carbocycles. The molecule has 0 aliphatic carbocycles. The molecular formula is C27H46N7O14P. The second kappa shape index (κ2) is 19.7. The van der Waals surface area contributed by atoms with Crippen molar-refractivity contribution in [2.45, 2.75) is 102 Å². The van der Waals surface area contributed by atoms with E-state index in [1.165, 1.54) is 11.8 Å². The van der Waals surface area contributed by atoms with Crippen molar-refractivity contribution in [2.75, 3.05) is 13.2 Å². The number of likely N-dealkylation sites (tertiary alicyclic amines) is 1. The van der Waals surface area contributed by atoms with Crippen LogP contribution in [0.1, 0.15) is 65.7 Å². The first-order chi connectivity index (χ1) is 22.6. The standard InChI is InChI=1S/C27H46N7O14P/c1-13(2)11-17(27(43)44)32-23(39)16(7-9-21(36)37)30-22(38)15(6-8-20(29)35)31-24(40)18(12-48-49(45,46)47)33-25(41)19-5-4-10-34(19)26(42)14(3)28/h13-19H,4-12,28H2,1-3H3,(H2,29,35)(H,30,38)(H,31,40)(H,32,39)(H,33,41)(H,36,37)(H,43,44)(H2,45,46,47)/t14-,15-,16-,17-,18-,19-/m0/s1. The average molecular weight is 724 g/mol. The fourth-order valence-electron chi connectivity index (χ4n) is 4.79. The van der Waals surface area contributed by atoms with Gasteiger partial charge in [0.25, 0.3) is 0 Å². The first-order valence-corrected chi connectivity index (χ1v) is 16.9. The SMILES string of the molecule is CC(C)C[C@H](NC(=O)[C@H](CCC(=O)O)NC(=O)[C@H](CCC(N)=O)NC(=O)[C@H](COP(=O)(O)O)NC(=O)[C@@H]1CCCN1C(=O)[C@H](C)N)C(=O)O. The van der Waals surface area contributed by atoms with E-state index in [9.17, 15) is 57.8 Å². The predicted molar refractivity (Wildman–Crippen MR) is 166 cm³/mol. The summed E-state index contributed by atoms with van der Waals surface area (Å²) in [5.74, 6) is -8.74. The first kappa shape index (κ1) is 42.9. The van der Waals surface area contributed by atoms with Gasteiger partial charge in [0.15, 0.2) is 0 Å². The molecule has 0 aromatic rings. The Kier molecular flexibility index (Phi) is 17.3. The third-order valence-corrected chi connectivity index (χ3v) is 7.67. The summed E-state index contributed by atoms with van der Waals surface area (Å²) in [7, 11) is -5.21. The third-order valence-electron chi connectivity index (χ3n) is 7.18. The summed E-state index contributed by atoms with van der Waals surface area (Å²) in [4.78, 5) is 120. The van der Waals surface area contributed by atoms with E-state index in [2.05, 4.69) is 25.8 Å². The number of nitrogens with two attached hydrogens (primary N) is 2. The van der Waals surface area contributed by atoms with Gasteiger partial charge in [0.05, 0.1) is 12.6 Å². The van der Waals surface area contributed by atoms with Crippen LogP contribution in [0.4, 0.5) is 0 Å². The molecule has 6 amide bonds. The number of nitrogens with zero attached hydrogens (tertiary/aromatic N) is 1. The van der Waals surface area contributed by atoms with Crippen molar-refractivity contribution < 1.29 is 67.4 Å². The highest BCUT2D eigenvalue weighted by Gasteiger charge is 2.38. The van der Waals surface area contributed by atoms with Crippen molar-refractivity contribution in [1.82, 2.24) is 26.2 Å². The zero-order valence-electron chi connectivity index (χ0n) is 27.3. The quantitative estimate of drug-likeness (QED) is 0.0517. The van der Waals surface area contributed by atoms with Crippen LogP contribution in [0.15, 0.2) is 0 Å². The molecule has 21 nitrogen and oxygen atoms in total. The van der Waals surface area contributed by atoms with Gasteiger partial charge in [-0.1, -0.05) is 13.8 Å². The number of primary amides is 1. The van der Waals surface area contributed by atoms with E-state index in [-0.39, 0.29) is 25.3 Å². The number of carboxylic acid groups (broad SMARTS) is 2. The van der Waals surface area contributed by atoms with E-state index in [1.54, 1.807) is 13.8 Å². The molecule has 22 heteroatoms. The normalized spacial score (nSPS) is 17.6. The number of carboxylic acids is 2. The topological polar surface area (TPSA) is 347 Å². The Balaban J connectivity index is 3.31. The molecule has 0 radical (unpaired) electrons. The highest BCUT2D eigenvalue weighted by Crippen LogP contribution is 2.35. The van der Waals surface area contributed by atoms with E-state index in [4.69, 9.17) is 16.6 Å². The molecule has 1 aliphatic rings. The number of hydrogen-bond acceptors (Lipinski definition) is 11. The smallest absolute Gasteiger partial charge is 0.469 e. The van der Waals surface area contributed by atoms with Gasteiger partial charge < -0.3 is 57.6 Å². The summed E-state index contributed by atoms with van der Waals surface area (Å²) in [5, 5.41) is 27.6. The van der Waals surface area contributed by atoms with Crippen LogP contribution in [0, 0.1) is 5.92 Å². The van der Waals surface area contributed by atoms with Gasteiger partial charge in [-0.2, -0.15) is 0 Å². The van der Waals surface area contributed by atoms with E-state index in [0.29, 0.717) is 6.42 Å². The van der Waals surface area contributed by atoms with Crippen molar-refractivity contribution in [2.24, 2.45) is 17.4 Å². The molecule has 1 rings (SSSR count). The summed E-state index contributed by atoms with van der Waals surface area (Å²) < 4.78 is 15.8. The summed E-state index contributed by atoms with van der Waals surface area (Å²) in [6, 6.07) is -8.66. The largest absolute Gasteiger partial charge is 0.481 e. The van der Waals surface area contributed by atoms with Crippen LogP contribution in [0.5, 0.6) is 0 Å². The number of amides is 6. The van der Waals surface area contributed by atoms with Crippen LogP contribution >= 0.6 is 7.82 Å². The molecule has 0 aromatic heterocycles. The predicted octanol–water partition coefficient (Wildman–Crippen LogP) is -3.37. The van der Waals surface area contributed by atoms with Gasteiger partial charge in [-0.3, -0.25) is 38.1 Å². The van der Waals surface area contributed by atoms with E-state index < -0.39 is 124 Å². The zero-order chi connectivity index (χ0) is 37.6. The Labute approximate surface area is 281 Å². The van der Waals surface area contributed by atoms with E-state index in [1.807, 2.05) is 0 Å². The van der Waals surface area contributed by atoms with Crippen LogP contribution in [0.25, 0.3) is 0 Å². The first-order valence-electron chi connectivity index (χ1n) is 15.3. The second-order valence-electron chi connectivity index (χ2n) is 11.9. The number of hydrogen-bond donors (Lipinski definition) is 10. The summed E-state index contributed by atoms with van der Waals surface area (Å²) in [5.41, 5.74) is 10.9. The number of carbonyl (C=O) groups excluding carboxylic acids is 6. The minimum atomic E-state index is -5.21. The molecule has 0 unspecified atom stereocenters. The maximum Gasteiger partial charge on any atom is 0.469 e. The average Bonchev–Trinajstić information content (AvgIpc) is 3.47. The lowest BCUT2D eigenvalue weighted by atomic mass is 10.0. The zero-order valence-corrected chi connectivity index (χ0v) is 28.2. The van der Waals surface area contributed by atoms with Gasteiger partial charge in [-0.15, -0.1) is 0 Å². The fourth-order valence-corrected chi connectivity index (χ4v) is 5.13. The Morgan fingerprint density at radius 2 is 1.35 bits per heavy atom. The molecule has 278 valence electrons. The Morgan fingerprint density at radius 1 is 0.837 bits per heavy atom. The molecule has 1 saturated heterocycles. The van der Waals surface area contributed by atoms with Crippen LogP contribution in [-0.4, -0.2) is 122 Å². The van der Waals surface area contributed by atoms with Gasteiger partial charge in [0.2, 0.25) is 35.4 Å². The van der Waals surface area contributed by atoms with Crippen molar-refractivity contribution in [1.29, 1.82) is 0 Å². The van der Waals surface area contributed by atoms with Gasteiger partial charge in [0.1, 0.15) is 30.2 Å². The molecule has 1 heterocycles. The molecule has 6 atom stereocenters. The summed E-state index contributed by atoms with van der Waals surface area (Å²) in [6.07, 6.45) is -1.58. The minimum Gasteiger partial charge on any atom is -0.481 e. The number of aliphatic carboxylic acids is 2. The maximum absolute atomic E-state index is 13.4. The van der Waals surface area contributed by atoms with E-state index in [0.717, 1.165) is 0 Å². The molecule has 12 N–H and O–H groups in total. The molecular weight excluding hydrogens is 677 g/mol. The van der Waals surface area contributed by atoms with Crippen LogP contribution < -0.4 is 32.7 Å². The molecule has 0 spiro atoms. The number of carbonyl (C=O) groups is 8. The van der Waals surface area contributed by atoms with Crippen molar-refractivity contribution in [3.05, 3.63) is 0 Å². The summed E-state index contributed by atoms with van der Waals surface area (Å²) in [6.45, 7) is 3.86. The van der Waals surface area contributed by atoms with Gasteiger partial charge in [0, 0.05) is 19.4 Å². The minimum absolute atomic E-state index is 0.000217. The lowest BCUT2D eigenvalue weighted by molar-refractivity contribution is -0.143. The lowest BCUT2D eigenvalue weighted by Crippen LogP contribution is -2.60. The van der Waals surface area contributed by atoms with Gasteiger partial charge in [-0.05, 0) is 44.9 Å². The Morgan fingerprint density at radius 3 is 1.80 bits per heavy atom. The van der Waals surface area contributed by atoms with Gasteiger partial charge in [-0.25, -0.2) is 9.36 Å². The second-order valence-corrected chi connectivity index (χ2v) is 13.2. The summed E-state index contributed by atoms with van der Waals surface area (Å²) >= 11 is 0. The number of rotatable bonds is 21. The monoisotopic (exact) mass is 723 g/mol. The Hall–Kier alpha value is -4.17. The number of phosphoric ester groups is 1. The molecule has 49 heavy (non-hydrogen) atoms. The molecule has 0 bridgehead atoms. The van der Waals surface area contributed by atoms with Crippen molar-refractivity contribution in [3.63, 3.8) is 0 Å². The maximum atomic E-state index is 13.4. The third kappa shape index (κ3) is 15.7. The highest BCUT2D eigenvalue weighted by atomic mass is 31.2.